The van der Waals surface area contributed by atoms with Crippen LogP contribution < -0.4 is 10.6 Å². The second-order valence-corrected chi connectivity index (χ2v) is 4.13. The van der Waals surface area contributed by atoms with Gasteiger partial charge in [-0.15, -0.1) is 6.58 Å². The Balaban J connectivity index is 2.09. The number of hydrogen-bond acceptors (Lipinski definition) is 2. The van der Waals surface area contributed by atoms with Gasteiger partial charge >= 0.3 is 6.03 Å². The number of nitrogens with zero attached hydrogens (tertiary/aromatic N) is 1. The van der Waals surface area contributed by atoms with E-state index in [1.165, 1.54) is 12.8 Å². The Labute approximate surface area is 91.7 Å². The maximum atomic E-state index is 11.2. The molecule has 15 heavy (non-hydrogen) atoms. The van der Waals surface area contributed by atoms with E-state index in [2.05, 4.69) is 29.2 Å². The summed E-state index contributed by atoms with van der Waals surface area (Å²) < 4.78 is 0. The largest absolute Gasteiger partial charge is 0.338 e. The summed E-state index contributed by atoms with van der Waals surface area (Å²) in [5, 5.41) is 5.59. The molecule has 86 valence electrons. The molecule has 0 aliphatic carbocycles. The molecule has 0 radical (unpaired) electrons. The topological polar surface area (TPSA) is 44.4 Å². The molecule has 0 spiro atoms. The second kappa shape index (κ2) is 6.45. The van der Waals surface area contributed by atoms with Crippen LogP contribution in [0.3, 0.4) is 0 Å². The fourth-order valence-electron chi connectivity index (χ4n) is 1.73. The Morgan fingerprint density at radius 1 is 1.47 bits per heavy atom. The minimum absolute atomic E-state index is 0.0890. The normalized spacial score (nSPS) is 18.5. The highest BCUT2D eigenvalue weighted by atomic mass is 16.2. The van der Waals surface area contributed by atoms with Crippen LogP contribution in [0.2, 0.25) is 0 Å². The zero-order valence-electron chi connectivity index (χ0n) is 9.46. The van der Waals surface area contributed by atoms with E-state index in [9.17, 15) is 4.79 Å². The van der Waals surface area contributed by atoms with Gasteiger partial charge in [0, 0.05) is 13.1 Å². The summed E-state index contributed by atoms with van der Waals surface area (Å²) in [5.74, 6) is 0.635. The molecule has 0 aromatic rings. The highest BCUT2D eigenvalue weighted by Crippen LogP contribution is 2.14. The Morgan fingerprint density at radius 3 is 2.73 bits per heavy atom. The maximum Gasteiger partial charge on any atom is 0.315 e. The maximum absolute atomic E-state index is 11.2. The van der Waals surface area contributed by atoms with Crippen LogP contribution in [0.15, 0.2) is 12.7 Å². The third-order valence-corrected chi connectivity index (χ3v) is 2.80. The number of rotatable bonds is 4. The lowest BCUT2D eigenvalue weighted by Gasteiger charge is -2.28. The molecule has 0 aromatic carbocycles. The lowest BCUT2D eigenvalue weighted by molar-refractivity contribution is 0.210. The second-order valence-electron chi connectivity index (χ2n) is 4.13. The molecule has 1 aliphatic heterocycles. The molecule has 1 saturated heterocycles. The molecule has 1 rings (SSSR count). The molecule has 2 N–H and O–H groups in total. The monoisotopic (exact) mass is 211 g/mol. The zero-order chi connectivity index (χ0) is 11.1. The van der Waals surface area contributed by atoms with Gasteiger partial charge in [0.05, 0.1) is 0 Å². The van der Waals surface area contributed by atoms with Crippen molar-refractivity contribution in [3.63, 3.8) is 0 Å². The fraction of sp³-hybridized carbons (Fsp3) is 0.727. The average molecular weight is 211 g/mol. The van der Waals surface area contributed by atoms with E-state index in [1.807, 2.05) is 0 Å². The van der Waals surface area contributed by atoms with Crippen molar-refractivity contribution in [1.82, 2.24) is 15.5 Å². The Kier molecular flexibility index (Phi) is 5.18. The summed E-state index contributed by atoms with van der Waals surface area (Å²) in [6.45, 7) is 7.14. The van der Waals surface area contributed by atoms with Gasteiger partial charge in [-0.3, -0.25) is 0 Å². The molecule has 1 heterocycles. The molecule has 0 aromatic heterocycles. The molecule has 1 aliphatic rings. The molecule has 4 nitrogen and oxygen atoms in total. The zero-order valence-corrected chi connectivity index (χ0v) is 9.46. The van der Waals surface area contributed by atoms with Gasteiger partial charge in [-0.1, -0.05) is 6.08 Å². The number of likely N-dealkylation sites (tertiary alicyclic amines) is 1. The summed E-state index contributed by atoms with van der Waals surface area (Å²) in [7, 11) is 2.14. The first kappa shape index (κ1) is 12.0. The molecule has 4 heteroatoms. The summed E-state index contributed by atoms with van der Waals surface area (Å²) in [6.07, 6.45) is 4.03. The van der Waals surface area contributed by atoms with Crippen LogP contribution in [-0.4, -0.2) is 44.2 Å². The third-order valence-electron chi connectivity index (χ3n) is 2.80. The predicted octanol–water partition coefficient (Wildman–Crippen LogP) is 0.813. The van der Waals surface area contributed by atoms with E-state index in [0.717, 1.165) is 19.6 Å². The number of piperidine rings is 1. The van der Waals surface area contributed by atoms with Gasteiger partial charge in [0.15, 0.2) is 0 Å². The predicted molar refractivity (Wildman–Crippen MR) is 61.8 cm³/mol. The summed E-state index contributed by atoms with van der Waals surface area (Å²) in [4.78, 5) is 13.6. The van der Waals surface area contributed by atoms with Crippen molar-refractivity contribution in [3.05, 3.63) is 12.7 Å². The van der Waals surface area contributed by atoms with Crippen molar-refractivity contribution in [2.75, 3.05) is 33.2 Å². The van der Waals surface area contributed by atoms with E-state index >= 15 is 0 Å². The van der Waals surface area contributed by atoms with Gasteiger partial charge in [-0.2, -0.15) is 0 Å². The minimum atomic E-state index is -0.0890. The van der Waals surface area contributed by atoms with Crippen molar-refractivity contribution >= 4 is 6.03 Å². The van der Waals surface area contributed by atoms with Gasteiger partial charge in [0.1, 0.15) is 0 Å². The van der Waals surface area contributed by atoms with Crippen LogP contribution >= 0.6 is 0 Å². The highest BCUT2D eigenvalue weighted by molar-refractivity contribution is 5.73. The fourth-order valence-corrected chi connectivity index (χ4v) is 1.73. The van der Waals surface area contributed by atoms with Gasteiger partial charge in [-0.05, 0) is 38.9 Å². The average Bonchev–Trinajstić information content (AvgIpc) is 2.25. The number of nitrogens with one attached hydrogen (secondary N) is 2. The van der Waals surface area contributed by atoms with Crippen LogP contribution in [0.25, 0.3) is 0 Å². The number of urea groups is 1. The molecule has 2 amide bonds. The molecule has 0 atom stereocenters. The van der Waals surface area contributed by atoms with Crippen molar-refractivity contribution in [2.24, 2.45) is 5.92 Å². The summed E-state index contributed by atoms with van der Waals surface area (Å²) >= 11 is 0. The number of amides is 2. The first-order valence-corrected chi connectivity index (χ1v) is 5.53. The van der Waals surface area contributed by atoms with Gasteiger partial charge in [-0.25, -0.2) is 4.79 Å². The molecule has 0 bridgehead atoms. The van der Waals surface area contributed by atoms with Crippen molar-refractivity contribution < 1.29 is 4.79 Å². The van der Waals surface area contributed by atoms with Gasteiger partial charge in [0.2, 0.25) is 0 Å². The lowest BCUT2D eigenvalue weighted by atomic mass is 9.97. The van der Waals surface area contributed by atoms with E-state index in [0.29, 0.717) is 12.5 Å². The van der Waals surface area contributed by atoms with Crippen LogP contribution in [0, 0.1) is 5.92 Å². The number of hydrogen-bond donors (Lipinski definition) is 2. The Morgan fingerprint density at radius 2 is 2.13 bits per heavy atom. The quantitative estimate of drug-likeness (QED) is 0.676. The molecular formula is C11H21N3O. The summed E-state index contributed by atoms with van der Waals surface area (Å²) in [5.41, 5.74) is 0. The van der Waals surface area contributed by atoms with Crippen LogP contribution in [-0.2, 0) is 0 Å². The first-order valence-electron chi connectivity index (χ1n) is 5.53. The molecular weight excluding hydrogens is 190 g/mol. The van der Waals surface area contributed by atoms with Gasteiger partial charge in [0.25, 0.3) is 0 Å². The molecule has 0 saturated carbocycles. The van der Waals surface area contributed by atoms with E-state index in [1.54, 1.807) is 6.08 Å². The van der Waals surface area contributed by atoms with Gasteiger partial charge < -0.3 is 15.5 Å². The Hall–Kier alpha value is -1.03. The first-order chi connectivity index (χ1) is 7.22. The third kappa shape index (κ3) is 4.83. The van der Waals surface area contributed by atoms with E-state index in [4.69, 9.17) is 0 Å². The SMILES string of the molecule is C=CCNC(=O)NCC1CCN(C)CC1. The van der Waals surface area contributed by atoms with Crippen LogP contribution in [0.1, 0.15) is 12.8 Å². The van der Waals surface area contributed by atoms with Crippen molar-refractivity contribution in [2.45, 2.75) is 12.8 Å². The van der Waals surface area contributed by atoms with Crippen molar-refractivity contribution in [3.8, 4) is 0 Å². The lowest BCUT2D eigenvalue weighted by Crippen LogP contribution is -2.41. The molecule has 0 unspecified atom stereocenters. The number of carbonyl (C=O) groups is 1. The Bertz CT molecular complexity index is 210. The van der Waals surface area contributed by atoms with E-state index < -0.39 is 0 Å². The number of carbonyl (C=O) groups excluding carboxylic acids is 1. The van der Waals surface area contributed by atoms with Crippen LogP contribution in [0.4, 0.5) is 4.79 Å². The van der Waals surface area contributed by atoms with E-state index in [-0.39, 0.29) is 6.03 Å². The van der Waals surface area contributed by atoms with Crippen LogP contribution in [0.5, 0.6) is 0 Å². The molecule has 1 fully saturated rings. The minimum Gasteiger partial charge on any atom is -0.338 e. The smallest absolute Gasteiger partial charge is 0.315 e. The standard InChI is InChI=1S/C11H21N3O/c1-3-6-12-11(15)13-9-10-4-7-14(2)8-5-10/h3,10H,1,4-9H2,2H3,(H2,12,13,15). The van der Waals surface area contributed by atoms with Crippen molar-refractivity contribution in [1.29, 1.82) is 0 Å². The summed E-state index contributed by atoms with van der Waals surface area (Å²) in [6, 6.07) is -0.0890. The highest BCUT2D eigenvalue weighted by Gasteiger charge is 2.16.